The summed E-state index contributed by atoms with van der Waals surface area (Å²) in [6.07, 6.45) is 0.968. The van der Waals surface area contributed by atoms with Gasteiger partial charge in [0.1, 0.15) is 0 Å². The van der Waals surface area contributed by atoms with E-state index in [9.17, 15) is 0 Å². The highest BCUT2D eigenvalue weighted by atomic mass is 35.5. The van der Waals surface area contributed by atoms with Gasteiger partial charge in [0.15, 0.2) is 11.5 Å². The van der Waals surface area contributed by atoms with Crippen molar-refractivity contribution in [2.24, 2.45) is 0 Å². The molecule has 0 bridgehead atoms. The lowest BCUT2D eigenvalue weighted by Gasteiger charge is -2.19. The van der Waals surface area contributed by atoms with Gasteiger partial charge in [-0.05, 0) is 38.9 Å². The monoisotopic (exact) mass is 271 g/mol. The molecule has 1 rings (SSSR count). The molecule has 18 heavy (non-hydrogen) atoms. The molecule has 0 heterocycles. The maximum atomic E-state index is 6.31. The van der Waals surface area contributed by atoms with Crippen LogP contribution >= 0.6 is 11.6 Å². The maximum Gasteiger partial charge on any atom is 0.162 e. The third-order valence-corrected chi connectivity index (χ3v) is 3.12. The first kappa shape index (κ1) is 15.1. The number of nitrogens with one attached hydrogen (secondary N) is 1. The van der Waals surface area contributed by atoms with Gasteiger partial charge >= 0.3 is 0 Å². The van der Waals surface area contributed by atoms with Crippen LogP contribution in [-0.4, -0.2) is 20.3 Å². The summed E-state index contributed by atoms with van der Waals surface area (Å²) in [6, 6.07) is 4.04. The van der Waals surface area contributed by atoms with Crippen molar-refractivity contribution in [1.82, 2.24) is 5.32 Å². The molecule has 0 aliphatic rings. The molecule has 1 unspecified atom stereocenters. The van der Waals surface area contributed by atoms with Gasteiger partial charge in [-0.1, -0.05) is 18.5 Å². The molecule has 0 spiro atoms. The van der Waals surface area contributed by atoms with E-state index in [-0.39, 0.29) is 6.04 Å². The van der Waals surface area contributed by atoms with Crippen LogP contribution < -0.4 is 14.8 Å². The molecule has 4 heteroatoms. The third kappa shape index (κ3) is 3.53. The molecule has 1 atom stereocenters. The Balaban J connectivity index is 3.16. The standard InChI is InChI=1S/C14H22ClNO2/c1-5-12(16-4)10-8-13(17-6-2)14(18-7-3)9-11(10)15/h8-9,12,16H,5-7H2,1-4H3. The molecule has 1 aromatic rings. The van der Waals surface area contributed by atoms with Crippen LogP contribution in [0.25, 0.3) is 0 Å². The lowest BCUT2D eigenvalue weighted by atomic mass is 10.0. The molecule has 0 saturated carbocycles. The van der Waals surface area contributed by atoms with Crippen molar-refractivity contribution in [2.45, 2.75) is 33.2 Å². The highest BCUT2D eigenvalue weighted by molar-refractivity contribution is 6.31. The summed E-state index contributed by atoms with van der Waals surface area (Å²) >= 11 is 6.31. The second-order valence-corrected chi connectivity index (χ2v) is 4.34. The van der Waals surface area contributed by atoms with Crippen molar-refractivity contribution in [2.75, 3.05) is 20.3 Å². The molecule has 0 aromatic heterocycles. The highest BCUT2D eigenvalue weighted by Gasteiger charge is 2.16. The first-order chi connectivity index (χ1) is 8.67. The van der Waals surface area contributed by atoms with Gasteiger partial charge in [-0.25, -0.2) is 0 Å². The Morgan fingerprint density at radius 2 is 1.67 bits per heavy atom. The molecule has 0 radical (unpaired) electrons. The quantitative estimate of drug-likeness (QED) is 0.818. The van der Waals surface area contributed by atoms with Crippen LogP contribution in [0, 0.1) is 0 Å². The Labute approximate surface area is 114 Å². The molecule has 0 aliphatic carbocycles. The second kappa shape index (κ2) is 7.49. The van der Waals surface area contributed by atoms with Gasteiger partial charge < -0.3 is 14.8 Å². The molecular weight excluding hydrogens is 250 g/mol. The molecule has 0 amide bonds. The number of rotatable bonds is 7. The average Bonchev–Trinajstić information content (AvgIpc) is 2.36. The van der Waals surface area contributed by atoms with E-state index in [0.717, 1.165) is 17.7 Å². The lowest BCUT2D eigenvalue weighted by molar-refractivity contribution is 0.287. The van der Waals surface area contributed by atoms with Crippen molar-refractivity contribution in [1.29, 1.82) is 0 Å². The normalized spacial score (nSPS) is 12.3. The Kier molecular flexibility index (Phi) is 6.30. The van der Waals surface area contributed by atoms with Gasteiger partial charge in [-0.2, -0.15) is 0 Å². The Hall–Kier alpha value is -0.930. The lowest BCUT2D eigenvalue weighted by Crippen LogP contribution is -2.16. The SMILES string of the molecule is CCOc1cc(Cl)c(C(CC)NC)cc1OCC. The Morgan fingerprint density at radius 3 is 2.11 bits per heavy atom. The highest BCUT2D eigenvalue weighted by Crippen LogP contribution is 2.36. The van der Waals surface area contributed by atoms with E-state index < -0.39 is 0 Å². The van der Waals surface area contributed by atoms with Gasteiger partial charge in [-0.15, -0.1) is 0 Å². The van der Waals surface area contributed by atoms with Crippen molar-refractivity contribution < 1.29 is 9.47 Å². The molecule has 1 aromatic carbocycles. The third-order valence-electron chi connectivity index (χ3n) is 2.79. The summed E-state index contributed by atoms with van der Waals surface area (Å²) in [5.41, 5.74) is 1.05. The average molecular weight is 272 g/mol. The predicted octanol–water partition coefficient (Wildman–Crippen LogP) is 3.81. The largest absolute Gasteiger partial charge is 0.490 e. The summed E-state index contributed by atoms with van der Waals surface area (Å²) in [7, 11) is 1.93. The van der Waals surface area contributed by atoms with Crippen molar-refractivity contribution in [3.8, 4) is 11.5 Å². The van der Waals surface area contributed by atoms with Crippen LogP contribution in [0.2, 0.25) is 5.02 Å². The first-order valence-electron chi connectivity index (χ1n) is 6.44. The zero-order valence-corrected chi connectivity index (χ0v) is 12.3. The maximum absolute atomic E-state index is 6.31. The fraction of sp³-hybridized carbons (Fsp3) is 0.571. The summed E-state index contributed by atoms with van der Waals surface area (Å²) in [5.74, 6) is 1.46. The number of benzene rings is 1. The van der Waals surface area contributed by atoms with E-state index in [2.05, 4.69) is 12.2 Å². The topological polar surface area (TPSA) is 30.5 Å². The van der Waals surface area contributed by atoms with E-state index in [0.29, 0.717) is 24.0 Å². The summed E-state index contributed by atoms with van der Waals surface area (Å²) < 4.78 is 11.2. The van der Waals surface area contributed by atoms with Crippen LogP contribution in [0.1, 0.15) is 38.8 Å². The smallest absolute Gasteiger partial charge is 0.162 e. The molecular formula is C14H22ClNO2. The minimum Gasteiger partial charge on any atom is -0.490 e. The van der Waals surface area contributed by atoms with Gasteiger partial charge in [0, 0.05) is 17.1 Å². The van der Waals surface area contributed by atoms with E-state index in [1.165, 1.54) is 0 Å². The van der Waals surface area contributed by atoms with Crippen LogP contribution in [0.5, 0.6) is 11.5 Å². The van der Waals surface area contributed by atoms with Crippen LogP contribution in [0.4, 0.5) is 0 Å². The minimum atomic E-state index is 0.229. The minimum absolute atomic E-state index is 0.229. The van der Waals surface area contributed by atoms with Gasteiger partial charge in [0.2, 0.25) is 0 Å². The zero-order chi connectivity index (χ0) is 13.5. The Morgan fingerprint density at radius 1 is 1.11 bits per heavy atom. The van der Waals surface area contributed by atoms with Gasteiger partial charge in [-0.3, -0.25) is 0 Å². The van der Waals surface area contributed by atoms with E-state index in [1.807, 2.05) is 33.0 Å². The Bertz CT molecular complexity index is 378. The van der Waals surface area contributed by atoms with Crippen LogP contribution in [0.15, 0.2) is 12.1 Å². The second-order valence-electron chi connectivity index (χ2n) is 3.94. The van der Waals surface area contributed by atoms with Crippen LogP contribution in [0.3, 0.4) is 0 Å². The van der Waals surface area contributed by atoms with Crippen molar-refractivity contribution >= 4 is 11.6 Å². The van der Waals surface area contributed by atoms with Crippen LogP contribution in [-0.2, 0) is 0 Å². The zero-order valence-electron chi connectivity index (χ0n) is 11.5. The summed E-state index contributed by atoms with van der Waals surface area (Å²) in [5, 5.41) is 3.96. The van der Waals surface area contributed by atoms with E-state index in [4.69, 9.17) is 21.1 Å². The van der Waals surface area contributed by atoms with Gasteiger partial charge in [0.25, 0.3) is 0 Å². The predicted molar refractivity (Wildman–Crippen MR) is 75.9 cm³/mol. The fourth-order valence-corrected chi connectivity index (χ4v) is 2.22. The molecule has 0 fully saturated rings. The molecule has 0 aliphatic heterocycles. The molecule has 102 valence electrons. The van der Waals surface area contributed by atoms with E-state index >= 15 is 0 Å². The molecule has 1 N–H and O–H groups in total. The first-order valence-corrected chi connectivity index (χ1v) is 6.81. The number of hydrogen-bond acceptors (Lipinski definition) is 3. The molecule has 3 nitrogen and oxygen atoms in total. The number of halogens is 1. The summed E-state index contributed by atoms with van der Waals surface area (Å²) in [6.45, 7) is 7.23. The number of ether oxygens (including phenoxy) is 2. The molecule has 0 saturated heterocycles. The van der Waals surface area contributed by atoms with Gasteiger partial charge in [0.05, 0.1) is 13.2 Å². The summed E-state index contributed by atoms with van der Waals surface area (Å²) in [4.78, 5) is 0. The number of hydrogen-bond donors (Lipinski definition) is 1. The van der Waals surface area contributed by atoms with E-state index in [1.54, 1.807) is 0 Å². The van der Waals surface area contributed by atoms with Crippen molar-refractivity contribution in [3.63, 3.8) is 0 Å². The van der Waals surface area contributed by atoms with Crippen molar-refractivity contribution in [3.05, 3.63) is 22.7 Å². The fourth-order valence-electron chi connectivity index (χ4n) is 1.93.